The number of hydrogen-bond acceptors (Lipinski definition) is 6. The molecular weight excluding hydrogens is 597 g/mol. The van der Waals surface area contributed by atoms with Crippen molar-refractivity contribution in [2.24, 2.45) is 0 Å². The fourth-order valence-corrected chi connectivity index (χ4v) is 5.31. The minimum absolute atomic E-state index is 0.0201. The third-order valence-electron chi connectivity index (χ3n) is 6.84. The highest BCUT2D eigenvalue weighted by molar-refractivity contribution is 7.90. The van der Waals surface area contributed by atoms with E-state index >= 15 is 0 Å². The molecule has 0 atom stereocenters. The van der Waals surface area contributed by atoms with Crippen molar-refractivity contribution in [1.82, 2.24) is 24.0 Å². The van der Waals surface area contributed by atoms with Gasteiger partial charge in [0.25, 0.3) is 0 Å². The van der Waals surface area contributed by atoms with Crippen molar-refractivity contribution in [2.75, 3.05) is 6.26 Å². The number of sulfone groups is 1. The summed E-state index contributed by atoms with van der Waals surface area (Å²) in [7, 11) is -3.43. The molecule has 10 nitrogen and oxygen atoms in total. The maximum absolute atomic E-state index is 13.9. The van der Waals surface area contributed by atoms with Crippen LogP contribution in [0.1, 0.15) is 22.4 Å². The Balaban J connectivity index is 1.63. The summed E-state index contributed by atoms with van der Waals surface area (Å²) in [5.41, 5.74) is -0.366. The predicted molar refractivity (Wildman–Crippen MR) is 154 cm³/mol. The van der Waals surface area contributed by atoms with Crippen LogP contribution in [0, 0.1) is 18.3 Å². The normalized spacial score (nSPS) is 11.7. The molecule has 0 radical (unpaired) electrons. The summed E-state index contributed by atoms with van der Waals surface area (Å²) in [5, 5.41) is 11.8. The first-order valence-corrected chi connectivity index (χ1v) is 14.8. The minimum atomic E-state index is -4.67. The Morgan fingerprint density at radius 1 is 1.02 bits per heavy atom. The molecule has 14 heteroatoms. The molecule has 2 aromatic heterocycles. The van der Waals surface area contributed by atoms with Gasteiger partial charge in [0.15, 0.2) is 15.7 Å². The van der Waals surface area contributed by atoms with Crippen molar-refractivity contribution >= 4 is 15.9 Å². The fourth-order valence-electron chi connectivity index (χ4n) is 4.68. The maximum Gasteiger partial charge on any atom is 0.416 e. The Morgan fingerprint density at radius 3 is 2.32 bits per heavy atom. The van der Waals surface area contributed by atoms with E-state index < -0.39 is 33.3 Å². The topological polar surface area (TPSA) is 132 Å². The van der Waals surface area contributed by atoms with Gasteiger partial charge in [0.2, 0.25) is 0 Å². The number of imidazole rings is 2. The number of nitrogens with one attached hydrogen (secondary N) is 1. The number of rotatable bonds is 6. The zero-order valence-electron chi connectivity index (χ0n) is 23.2. The largest absolute Gasteiger partial charge is 0.416 e. The number of alkyl halides is 3. The van der Waals surface area contributed by atoms with E-state index in [1.807, 2.05) is 6.07 Å². The lowest BCUT2D eigenvalue weighted by Gasteiger charge is -2.12. The van der Waals surface area contributed by atoms with Crippen LogP contribution in [0.3, 0.4) is 0 Å². The van der Waals surface area contributed by atoms with Crippen LogP contribution in [0.2, 0.25) is 0 Å². The molecule has 224 valence electrons. The highest BCUT2D eigenvalue weighted by Crippen LogP contribution is 2.32. The molecule has 0 aliphatic rings. The van der Waals surface area contributed by atoms with E-state index in [2.05, 4.69) is 10.3 Å². The molecule has 0 spiro atoms. The van der Waals surface area contributed by atoms with Crippen LogP contribution in [-0.4, -0.2) is 39.4 Å². The van der Waals surface area contributed by atoms with Crippen molar-refractivity contribution in [1.29, 1.82) is 5.26 Å². The van der Waals surface area contributed by atoms with Gasteiger partial charge in [0.1, 0.15) is 5.69 Å². The Labute approximate surface area is 249 Å². The van der Waals surface area contributed by atoms with Gasteiger partial charge in [-0.2, -0.15) is 18.4 Å². The molecule has 1 amide bonds. The van der Waals surface area contributed by atoms with Crippen molar-refractivity contribution in [3.8, 4) is 29.0 Å². The number of hydrogen-bond donors (Lipinski definition) is 1. The number of carbonyl (C=O) groups excluding carboxylic acids is 1. The van der Waals surface area contributed by atoms with Crippen molar-refractivity contribution < 1.29 is 26.4 Å². The first kappa shape index (κ1) is 30.1. The molecule has 5 aromatic rings. The molecule has 0 fully saturated rings. The van der Waals surface area contributed by atoms with Gasteiger partial charge in [-0.1, -0.05) is 18.2 Å². The molecule has 3 aromatic carbocycles. The Kier molecular flexibility index (Phi) is 7.75. The van der Waals surface area contributed by atoms with E-state index in [1.165, 1.54) is 49.5 Å². The average Bonchev–Trinajstić information content (AvgIpc) is 3.57. The molecule has 2 heterocycles. The van der Waals surface area contributed by atoms with E-state index in [9.17, 15) is 31.2 Å². The molecule has 5 rings (SSSR count). The van der Waals surface area contributed by atoms with Gasteiger partial charge < -0.3 is 5.32 Å². The number of nitriles is 1. The van der Waals surface area contributed by atoms with Crippen LogP contribution in [0.4, 0.5) is 18.0 Å². The first-order chi connectivity index (χ1) is 20.8. The zero-order valence-corrected chi connectivity index (χ0v) is 24.0. The Bertz CT molecular complexity index is 2090. The monoisotopic (exact) mass is 620 g/mol. The van der Waals surface area contributed by atoms with Crippen LogP contribution < -0.4 is 11.0 Å². The third-order valence-corrected chi connectivity index (χ3v) is 7.97. The summed E-state index contributed by atoms with van der Waals surface area (Å²) in [6, 6.07) is 17.6. The van der Waals surface area contributed by atoms with Crippen molar-refractivity contribution in [2.45, 2.75) is 24.5 Å². The lowest BCUT2D eigenvalue weighted by atomic mass is 10.2. The summed E-state index contributed by atoms with van der Waals surface area (Å²) in [4.78, 5) is 31.9. The summed E-state index contributed by atoms with van der Waals surface area (Å²) in [5.74, 6) is 0.141. The first-order valence-electron chi connectivity index (χ1n) is 12.9. The highest BCUT2D eigenvalue weighted by atomic mass is 32.2. The summed E-state index contributed by atoms with van der Waals surface area (Å²) >= 11 is 0. The number of halogens is 3. The second-order valence-electron chi connectivity index (χ2n) is 9.79. The molecule has 1 N–H and O–H groups in total. The smallest absolute Gasteiger partial charge is 0.333 e. The quantitative estimate of drug-likeness (QED) is 0.289. The third kappa shape index (κ3) is 5.77. The summed E-state index contributed by atoms with van der Waals surface area (Å²) in [6.45, 7) is 1.40. The zero-order chi connectivity index (χ0) is 31.8. The predicted octanol–water partition coefficient (Wildman–Crippen LogP) is 4.85. The van der Waals surface area contributed by atoms with E-state index in [1.54, 1.807) is 35.0 Å². The van der Waals surface area contributed by atoms with Crippen molar-refractivity contribution in [3.05, 3.63) is 118 Å². The van der Waals surface area contributed by atoms with E-state index in [-0.39, 0.29) is 34.3 Å². The van der Waals surface area contributed by atoms with Crippen LogP contribution in [0.5, 0.6) is 0 Å². The van der Waals surface area contributed by atoms with E-state index in [0.29, 0.717) is 16.8 Å². The second kappa shape index (κ2) is 11.3. The van der Waals surface area contributed by atoms with Crippen molar-refractivity contribution in [3.63, 3.8) is 0 Å². The Morgan fingerprint density at radius 2 is 1.70 bits per heavy atom. The van der Waals surface area contributed by atoms with Gasteiger partial charge in [0, 0.05) is 30.9 Å². The maximum atomic E-state index is 13.9. The van der Waals surface area contributed by atoms with Gasteiger partial charge in [-0.05, 0) is 67.1 Å². The molecule has 0 bridgehead atoms. The van der Waals surface area contributed by atoms with Gasteiger partial charge in [0.05, 0.1) is 33.5 Å². The standard InChI is InChI=1S/C30H23F3N6O4S/c1-19-26(27-35-14-15-37(27)23-10-6-20(17-34)7-11-23)39(28(40)36-18-21-8-12-25(13-9-21)44(2,42)43)29(41)38(19)24-5-3-4-22(16-24)30(31,32)33/h3-16H,18H2,1-2H3,(H,36,40). The van der Waals surface area contributed by atoms with Gasteiger partial charge in [-0.3, -0.25) is 9.13 Å². The molecule has 0 saturated heterocycles. The number of carbonyl (C=O) groups is 1. The number of nitrogens with zero attached hydrogens (tertiary/aromatic N) is 5. The van der Waals surface area contributed by atoms with Crippen LogP contribution in [-0.2, 0) is 22.6 Å². The second-order valence-corrected chi connectivity index (χ2v) is 11.8. The highest BCUT2D eigenvalue weighted by Gasteiger charge is 2.32. The van der Waals surface area contributed by atoms with Crippen LogP contribution in [0.15, 0.2) is 94.9 Å². The lowest BCUT2D eigenvalue weighted by molar-refractivity contribution is -0.137. The molecule has 0 aliphatic carbocycles. The fraction of sp³-hybridized carbons (Fsp3) is 0.133. The van der Waals surface area contributed by atoms with E-state index in [0.717, 1.165) is 27.5 Å². The Hall–Kier alpha value is -5.42. The van der Waals surface area contributed by atoms with Crippen LogP contribution >= 0.6 is 0 Å². The summed E-state index contributed by atoms with van der Waals surface area (Å²) in [6.07, 6.45) is -0.593. The van der Waals surface area contributed by atoms with Gasteiger partial charge in [-0.15, -0.1) is 0 Å². The average molecular weight is 621 g/mol. The molecule has 0 saturated carbocycles. The van der Waals surface area contributed by atoms with Gasteiger partial charge >= 0.3 is 17.9 Å². The van der Waals surface area contributed by atoms with Crippen LogP contribution in [0.25, 0.3) is 22.9 Å². The lowest BCUT2D eigenvalue weighted by Crippen LogP contribution is -2.37. The number of amides is 1. The molecular formula is C30H23F3N6O4S. The minimum Gasteiger partial charge on any atom is -0.333 e. The molecule has 0 aliphatic heterocycles. The van der Waals surface area contributed by atoms with E-state index in [4.69, 9.17) is 5.26 Å². The van der Waals surface area contributed by atoms with Gasteiger partial charge in [-0.25, -0.2) is 27.6 Å². The molecule has 44 heavy (non-hydrogen) atoms. The summed E-state index contributed by atoms with van der Waals surface area (Å²) < 4.78 is 67.6. The molecule has 0 unspecified atom stereocenters. The SMILES string of the molecule is Cc1c(-c2nccn2-c2ccc(C#N)cc2)n(C(=O)NCc2ccc(S(C)(=O)=O)cc2)c(=O)n1-c1cccc(C(F)(F)F)c1. The number of aromatic nitrogens is 4. The number of benzene rings is 3.